The number of sulfone groups is 1. The Morgan fingerprint density at radius 3 is 2.27 bits per heavy atom. The number of nitrogens with zero attached hydrogens (tertiary/aromatic N) is 1. The van der Waals surface area contributed by atoms with Gasteiger partial charge in [0.25, 0.3) is 0 Å². The lowest BCUT2D eigenvalue weighted by atomic mass is 9.88. The summed E-state index contributed by atoms with van der Waals surface area (Å²) in [4.78, 5) is 14.9. The first kappa shape index (κ1) is 16.5. The molecule has 0 amide bonds. The predicted molar refractivity (Wildman–Crippen MR) is 80.9 cm³/mol. The molecule has 1 aliphatic rings. The van der Waals surface area contributed by atoms with Crippen molar-refractivity contribution in [1.29, 1.82) is 0 Å². The van der Waals surface area contributed by atoms with Gasteiger partial charge in [0.05, 0.1) is 14.2 Å². The van der Waals surface area contributed by atoms with Crippen molar-refractivity contribution in [3.8, 4) is 11.5 Å². The first-order valence-electron chi connectivity index (χ1n) is 6.93. The summed E-state index contributed by atoms with van der Waals surface area (Å²) in [5.41, 5.74) is -0.225. The number of isocyanates is 1. The van der Waals surface area contributed by atoms with Crippen molar-refractivity contribution in [3.63, 3.8) is 0 Å². The van der Waals surface area contributed by atoms with E-state index < -0.39 is 15.4 Å². The molecule has 0 heterocycles. The third-order valence-electron chi connectivity index (χ3n) is 4.06. The molecule has 0 aromatic heterocycles. The molecule has 0 radical (unpaired) electrons. The minimum atomic E-state index is -3.52. The van der Waals surface area contributed by atoms with Crippen molar-refractivity contribution in [2.45, 2.75) is 36.1 Å². The lowest BCUT2D eigenvalue weighted by Crippen LogP contribution is -2.21. The van der Waals surface area contributed by atoms with E-state index in [4.69, 9.17) is 9.47 Å². The maximum Gasteiger partial charge on any atom is 0.235 e. The molecule has 0 aliphatic heterocycles. The van der Waals surface area contributed by atoms with Crippen LogP contribution in [0.4, 0.5) is 0 Å². The van der Waals surface area contributed by atoms with Crippen LogP contribution in [0.5, 0.6) is 11.5 Å². The quantitative estimate of drug-likeness (QED) is 0.612. The van der Waals surface area contributed by atoms with Crippen molar-refractivity contribution in [2.24, 2.45) is 4.99 Å². The summed E-state index contributed by atoms with van der Waals surface area (Å²) in [6.07, 6.45) is 5.84. The van der Waals surface area contributed by atoms with E-state index in [1.807, 2.05) is 0 Å². The van der Waals surface area contributed by atoms with Gasteiger partial charge in [-0.3, -0.25) is 0 Å². The van der Waals surface area contributed by atoms with Crippen LogP contribution in [0.3, 0.4) is 0 Å². The van der Waals surface area contributed by atoms with Crippen LogP contribution in [0.2, 0.25) is 0 Å². The molecule has 2 rings (SSSR count). The number of methoxy groups -OCH3 is 2. The predicted octanol–water partition coefficient (Wildman–Crippen LogP) is 2.21. The average molecular weight is 325 g/mol. The highest BCUT2D eigenvalue weighted by Gasteiger charge is 2.40. The normalized spacial score (nSPS) is 16.9. The van der Waals surface area contributed by atoms with E-state index >= 15 is 0 Å². The Kier molecular flexibility index (Phi) is 4.58. The van der Waals surface area contributed by atoms with Gasteiger partial charge in [0.2, 0.25) is 6.08 Å². The molecule has 0 N–H and O–H groups in total. The number of rotatable bonds is 5. The van der Waals surface area contributed by atoms with Crippen molar-refractivity contribution in [3.05, 3.63) is 17.7 Å². The van der Waals surface area contributed by atoms with Gasteiger partial charge < -0.3 is 9.47 Å². The highest BCUT2D eigenvalue weighted by atomic mass is 32.2. The number of benzene rings is 1. The van der Waals surface area contributed by atoms with Crippen LogP contribution in [-0.4, -0.2) is 35.0 Å². The van der Waals surface area contributed by atoms with Crippen LogP contribution in [-0.2, 0) is 20.2 Å². The highest BCUT2D eigenvalue weighted by molar-refractivity contribution is 7.90. The summed E-state index contributed by atoms with van der Waals surface area (Å²) in [5, 5.41) is 0. The van der Waals surface area contributed by atoms with Crippen molar-refractivity contribution >= 4 is 15.9 Å². The summed E-state index contributed by atoms with van der Waals surface area (Å²) >= 11 is 0. The van der Waals surface area contributed by atoms with E-state index in [-0.39, 0.29) is 10.6 Å². The van der Waals surface area contributed by atoms with Crippen LogP contribution < -0.4 is 9.47 Å². The van der Waals surface area contributed by atoms with Gasteiger partial charge in [-0.05, 0) is 18.9 Å². The Labute approximate surface area is 130 Å². The smallest absolute Gasteiger partial charge is 0.235 e. The van der Waals surface area contributed by atoms with E-state index in [0.717, 1.165) is 19.1 Å². The molecule has 0 atom stereocenters. The fraction of sp³-hybridized carbons (Fsp3) is 0.533. The summed E-state index contributed by atoms with van der Waals surface area (Å²) in [7, 11) is -0.647. The second kappa shape index (κ2) is 6.10. The molecule has 0 unspecified atom stereocenters. The van der Waals surface area contributed by atoms with Crippen LogP contribution in [0.25, 0.3) is 0 Å². The van der Waals surface area contributed by atoms with Crippen LogP contribution >= 0.6 is 0 Å². The maximum absolute atomic E-state index is 12.1. The average Bonchev–Trinajstić information content (AvgIpc) is 2.95. The Morgan fingerprint density at radius 2 is 1.82 bits per heavy atom. The number of carbonyl (C=O) groups excluding carboxylic acids is 1. The van der Waals surface area contributed by atoms with Crippen LogP contribution in [0.15, 0.2) is 22.0 Å². The molecule has 1 saturated carbocycles. The van der Waals surface area contributed by atoms with E-state index in [1.165, 1.54) is 20.3 Å². The summed E-state index contributed by atoms with van der Waals surface area (Å²) < 4.78 is 34.7. The highest BCUT2D eigenvalue weighted by Crippen LogP contribution is 2.48. The molecule has 22 heavy (non-hydrogen) atoms. The molecule has 6 nitrogen and oxygen atoms in total. The van der Waals surface area contributed by atoms with E-state index in [2.05, 4.69) is 4.99 Å². The van der Waals surface area contributed by atoms with Gasteiger partial charge in [0.15, 0.2) is 9.84 Å². The fourth-order valence-corrected chi connectivity index (χ4v) is 3.88. The topological polar surface area (TPSA) is 82.0 Å². The molecule has 120 valence electrons. The van der Waals surface area contributed by atoms with Crippen LogP contribution in [0.1, 0.15) is 31.2 Å². The van der Waals surface area contributed by atoms with Crippen molar-refractivity contribution in [2.75, 3.05) is 20.5 Å². The molecule has 0 bridgehead atoms. The molecule has 0 spiro atoms. The minimum Gasteiger partial charge on any atom is -0.497 e. The number of hydrogen-bond donors (Lipinski definition) is 0. The molecule has 1 aromatic carbocycles. The van der Waals surface area contributed by atoms with E-state index in [0.29, 0.717) is 24.2 Å². The zero-order valence-electron chi connectivity index (χ0n) is 12.9. The molecular weight excluding hydrogens is 306 g/mol. The summed E-state index contributed by atoms with van der Waals surface area (Å²) in [6, 6.07) is 3.12. The van der Waals surface area contributed by atoms with Gasteiger partial charge in [0, 0.05) is 17.9 Å². The monoisotopic (exact) mass is 325 g/mol. The number of aliphatic imine (C=N–C) groups is 1. The van der Waals surface area contributed by atoms with E-state index in [1.54, 1.807) is 12.1 Å². The first-order chi connectivity index (χ1) is 10.4. The lowest BCUT2D eigenvalue weighted by molar-refractivity contribution is 0.361. The van der Waals surface area contributed by atoms with Gasteiger partial charge in [0.1, 0.15) is 21.9 Å². The second-order valence-corrected chi connectivity index (χ2v) is 7.40. The maximum atomic E-state index is 12.1. The van der Waals surface area contributed by atoms with Crippen molar-refractivity contribution < 1.29 is 22.7 Å². The third-order valence-corrected chi connectivity index (χ3v) is 5.16. The second-order valence-electron chi connectivity index (χ2n) is 5.42. The Bertz CT molecular complexity index is 714. The van der Waals surface area contributed by atoms with E-state index in [9.17, 15) is 13.2 Å². The molecule has 1 aromatic rings. The molecule has 1 fully saturated rings. The lowest BCUT2D eigenvalue weighted by Gasteiger charge is -2.26. The standard InChI is InChI=1S/C15H19NO5S/c1-20-11-8-12(15(16-10-17)6-4-5-7-15)14(21-2)13(9-11)22(3,18)19/h8-9H,4-7H2,1-3H3. The molecule has 1 aliphatic carbocycles. The zero-order valence-corrected chi connectivity index (χ0v) is 13.7. The Balaban J connectivity index is 2.81. The zero-order chi connectivity index (χ0) is 16.4. The number of hydrogen-bond acceptors (Lipinski definition) is 6. The first-order valence-corrected chi connectivity index (χ1v) is 8.83. The minimum absolute atomic E-state index is 0.0386. The van der Waals surface area contributed by atoms with Gasteiger partial charge in [-0.15, -0.1) is 0 Å². The van der Waals surface area contributed by atoms with Gasteiger partial charge in [-0.25, -0.2) is 13.2 Å². The molecule has 0 saturated heterocycles. The number of ether oxygens (including phenoxy) is 2. The van der Waals surface area contributed by atoms with Gasteiger partial charge >= 0.3 is 0 Å². The van der Waals surface area contributed by atoms with Gasteiger partial charge in [-0.1, -0.05) is 12.8 Å². The van der Waals surface area contributed by atoms with Crippen LogP contribution in [0, 0.1) is 0 Å². The van der Waals surface area contributed by atoms with Gasteiger partial charge in [-0.2, -0.15) is 4.99 Å². The fourth-order valence-electron chi connectivity index (χ4n) is 3.02. The molecular formula is C15H19NO5S. The summed E-state index contributed by atoms with van der Waals surface area (Å²) in [6.45, 7) is 0. The largest absolute Gasteiger partial charge is 0.497 e. The van der Waals surface area contributed by atoms with Crippen molar-refractivity contribution in [1.82, 2.24) is 0 Å². The third kappa shape index (κ3) is 2.87. The Morgan fingerprint density at radius 1 is 1.18 bits per heavy atom. The summed E-state index contributed by atoms with van der Waals surface area (Å²) in [5.74, 6) is 0.618. The SMILES string of the molecule is COc1cc(C2(N=C=O)CCCC2)c(OC)c(S(C)(=O)=O)c1. The Hall–Kier alpha value is -1.85. The molecule has 7 heteroatoms.